The number of piperidine rings is 1. The number of amides is 1. The van der Waals surface area contributed by atoms with Gasteiger partial charge in [-0.15, -0.1) is 0 Å². The second-order valence-electron chi connectivity index (χ2n) is 6.01. The van der Waals surface area contributed by atoms with E-state index in [9.17, 15) is 9.59 Å². The molecule has 0 unspecified atom stereocenters. The smallest absolute Gasteiger partial charge is 0.308 e. The molecule has 0 radical (unpaired) electrons. The fraction of sp³-hybridized carbons (Fsp3) is 0.211. The first-order valence-corrected chi connectivity index (χ1v) is 8.92. The summed E-state index contributed by atoms with van der Waals surface area (Å²) in [6.07, 6.45) is 1.49. The predicted octanol–water partition coefficient (Wildman–Crippen LogP) is 3.30. The van der Waals surface area contributed by atoms with Crippen molar-refractivity contribution in [3.8, 4) is 6.07 Å². The van der Waals surface area contributed by atoms with E-state index in [0.29, 0.717) is 18.5 Å². The van der Waals surface area contributed by atoms with Gasteiger partial charge in [0.25, 0.3) is 0 Å². The Kier molecular flexibility index (Phi) is 3.86. The summed E-state index contributed by atoms with van der Waals surface area (Å²) in [7, 11) is 0. The van der Waals surface area contributed by atoms with Crippen molar-refractivity contribution in [1.29, 1.82) is 5.26 Å². The van der Waals surface area contributed by atoms with Crippen molar-refractivity contribution in [2.24, 2.45) is 0 Å². The number of anilines is 1. The van der Waals surface area contributed by atoms with Crippen LogP contribution in [0.3, 0.4) is 0 Å². The van der Waals surface area contributed by atoms with E-state index in [-0.39, 0.29) is 10.8 Å². The third kappa shape index (κ3) is 2.63. The van der Waals surface area contributed by atoms with Crippen molar-refractivity contribution in [3.05, 3.63) is 63.8 Å². The topological polar surface area (TPSA) is 66.1 Å². The molecular weight excluding hydrogens is 334 g/mol. The van der Waals surface area contributed by atoms with Gasteiger partial charge in [-0.3, -0.25) is 14.2 Å². The molecule has 2 aromatic carbocycles. The number of benzene rings is 2. The largest absolute Gasteiger partial charge is 0.311 e. The number of hydrogen-bond acceptors (Lipinski definition) is 4. The molecule has 4 rings (SSSR count). The van der Waals surface area contributed by atoms with Crippen LogP contribution in [0, 0.1) is 11.3 Å². The van der Waals surface area contributed by atoms with E-state index in [2.05, 4.69) is 6.07 Å². The van der Waals surface area contributed by atoms with Gasteiger partial charge >= 0.3 is 4.87 Å². The maximum absolute atomic E-state index is 13.1. The number of nitrogens with zero attached hydrogens (tertiary/aromatic N) is 3. The maximum Gasteiger partial charge on any atom is 0.308 e. The van der Waals surface area contributed by atoms with Gasteiger partial charge in [-0.2, -0.15) is 5.26 Å². The van der Waals surface area contributed by atoms with Gasteiger partial charge in [-0.1, -0.05) is 23.5 Å². The Balaban J connectivity index is 1.73. The van der Waals surface area contributed by atoms with Gasteiger partial charge in [0.2, 0.25) is 5.91 Å². The average molecular weight is 349 g/mol. The van der Waals surface area contributed by atoms with E-state index < -0.39 is 6.04 Å². The van der Waals surface area contributed by atoms with Gasteiger partial charge in [0, 0.05) is 12.2 Å². The van der Waals surface area contributed by atoms with Gasteiger partial charge in [0.1, 0.15) is 6.04 Å². The Hall–Kier alpha value is -2.91. The number of rotatable bonds is 2. The Bertz CT molecular complexity index is 1040. The van der Waals surface area contributed by atoms with Crippen molar-refractivity contribution < 1.29 is 4.79 Å². The van der Waals surface area contributed by atoms with Crippen LogP contribution in [-0.4, -0.2) is 17.0 Å². The summed E-state index contributed by atoms with van der Waals surface area (Å²) in [6.45, 7) is 0.623. The minimum atomic E-state index is -0.479. The molecule has 6 heteroatoms. The second-order valence-corrected chi connectivity index (χ2v) is 7.01. The van der Waals surface area contributed by atoms with E-state index in [1.165, 1.54) is 11.3 Å². The van der Waals surface area contributed by atoms with Crippen molar-refractivity contribution in [3.63, 3.8) is 0 Å². The lowest BCUT2D eigenvalue weighted by Crippen LogP contribution is -2.44. The maximum atomic E-state index is 13.1. The van der Waals surface area contributed by atoms with Crippen LogP contribution in [0.2, 0.25) is 0 Å². The lowest BCUT2D eigenvalue weighted by molar-refractivity contribution is -0.123. The van der Waals surface area contributed by atoms with Gasteiger partial charge in [0.05, 0.1) is 21.8 Å². The number of hydrogen-bond donors (Lipinski definition) is 0. The molecule has 1 aromatic heterocycles. The minimum absolute atomic E-state index is 0.0680. The fourth-order valence-corrected chi connectivity index (χ4v) is 4.28. The van der Waals surface area contributed by atoms with Gasteiger partial charge in [0.15, 0.2) is 0 Å². The molecule has 1 aliphatic heterocycles. The Morgan fingerprint density at radius 2 is 1.84 bits per heavy atom. The van der Waals surface area contributed by atoms with Crippen LogP contribution in [0.1, 0.15) is 24.4 Å². The quantitative estimate of drug-likeness (QED) is 0.713. The molecule has 124 valence electrons. The molecule has 1 atom stereocenters. The van der Waals surface area contributed by atoms with Crippen LogP contribution >= 0.6 is 11.3 Å². The Morgan fingerprint density at radius 1 is 1.08 bits per heavy atom. The number of carbonyl (C=O) groups excluding carboxylic acids is 1. The van der Waals surface area contributed by atoms with Crippen LogP contribution in [-0.2, 0) is 4.79 Å². The lowest BCUT2D eigenvalue weighted by Gasteiger charge is -2.33. The summed E-state index contributed by atoms with van der Waals surface area (Å²) < 4.78 is 2.54. The van der Waals surface area contributed by atoms with E-state index in [1.54, 1.807) is 33.7 Å². The summed E-state index contributed by atoms with van der Waals surface area (Å²) >= 11 is 1.18. The molecule has 0 aliphatic carbocycles. The highest BCUT2D eigenvalue weighted by molar-refractivity contribution is 7.16. The van der Waals surface area contributed by atoms with Crippen molar-refractivity contribution in [2.75, 3.05) is 11.4 Å². The number of fused-ring (bicyclic) bond motifs is 1. The van der Waals surface area contributed by atoms with Crippen molar-refractivity contribution >= 4 is 33.1 Å². The number of nitriles is 1. The number of para-hydroxylation sites is 1. The first-order valence-electron chi connectivity index (χ1n) is 8.10. The molecule has 1 fully saturated rings. The van der Waals surface area contributed by atoms with Crippen LogP contribution in [0.4, 0.5) is 5.69 Å². The SMILES string of the molecule is N#Cc1ccc(N2CCC[C@H](n3c(=O)sc4ccccc43)C2=O)cc1. The Morgan fingerprint density at radius 3 is 2.60 bits per heavy atom. The van der Waals surface area contributed by atoms with Crippen molar-refractivity contribution in [2.45, 2.75) is 18.9 Å². The Labute approximate surface area is 148 Å². The number of aromatic nitrogens is 1. The van der Waals surface area contributed by atoms with Crippen LogP contribution in [0.25, 0.3) is 10.2 Å². The number of carbonyl (C=O) groups is 1. The van der Waals surface area contributed by atoms with E-state index >= 15 is 0 Å². The van der Waals surface area contributed by atoms with E-state index in [1.807, 2.05) is 24.3 Å². The van der Waals surface area contributed by atoms with Crippen LogP contribution in [0.5, 0.6) is 0 Å². The van der Waals surface area contributed by atoms with Crippen LogP contribution in [0.15, 0.2) is 53.3 Å². The summed E-state index contributed by atoms with van der Waals surface area (Å²) in [6, 6.07) is 16.2. The molecule has 5 nitrogen and oxygen atoms in total. The summed E-state index contributed by atoms with van der Waals surface area (Å²) in [5, 5.41) is 8.92. The van der Waals surface area contributed by atoms with E-state index in [0.717, 1.165) is 22.3 Å². The standard InChI is InChI=1S/C19H15N3O2S/c20-12-13-7-9-14(10-8-13)21-11-3-5-16(18(21)23)22-15-4-1-2-6-17(15)25-19(22)24/h1-2,4,6-10,16H,3,5,11H2/t16-/m0/s1. The first kappa shape index (κ1) is 15.6. The first-order chi connectivity index (χ1) is 12.2. The van der Waals surface area contributed by atoms with Crippen molar-refractivity contribution in [1.82, 2.24) is 4.57 Å². The number of thiazole rings is 1. The predicted molar refractivity (Wildman–Crippen MR) is 97.9 cm³/mol. The van der Waals surface area contributed by atoms with Gasteiger partial charge in [-0.25, -0.2) is 0 Å². The molecule has 0 saturated carbocycles. The van der Waals surface area contributed by atoms with Gasteiger partial charge < -0.3 is 4.90 Å². The molecule has 1 saturated heterocycles. The molecule has 1 amide bonds. The summed E-state index contributed by atoms with van der Waals surface area (Å²) in [5.74, 6) is -0.0680. The van der Waals surface area contributed by atoms with Crippen LogP contribution < -0.4 is 9.77 Å². The third-order valence-electron chi connectivity index (χ3n) is 4.55. The van der Waals surface area contributed by atoms with E-state index in [4.69, 9.17) is 5.26 Å². The molecule has 0 spiro atoms. The second kappa shape index (κ2) is 6.19. The molecule has 25 heavy (non-hydrogen) atoms. The molecular formula is C19H15N3O2S. The van der Waals surface area contributed by atoms with Gasteiger partial charge in [-0.05, 0) is 49.2 Å². The monoisotopic (exact) mass is 349 g/mol. The molecule has 2 heterocycles. The lowest BCUT2D eigenvalue weighted by atomic mass is 10.0. The third-order valence-corrected chi connectivity index (χ3v) is 5.49. The molecule has 0 N–H and O–H groups in total. The highest BCUT2D eigenvalue weighted by atomic mass is 32.1. The highest BCUT2D eigenvalue weighted by Gasteiger charge is 2.33. The summed E-state index contributed by atoms with van der Waals surface area (Å²) in [4.78, 5) is 27.2. The summed E-state index contributed by atoms with van der Waals surface area (Å²) in [5.41, 5.74) is 2.14. The normalized spacial score (nSPS) is 17.6. The molecule has 1 aliphatic rings. The fourth-order valence-electron chi connectivity index (χ4n) is 3.35. The molecule has 3 aromatic rings. The average Bonchev–Trinajstić information content (AvgIpc) is 2.98. The molecule has 0 bridgehead atoms. The minimum Gasteiger partial charge on any atom is -0.311 e. The zero-order valence-corrected chi connectivity index (χ0v) is 14.2. The zero-order valence-electron chi connectivity index (χ0n) is 13.4. The highest BCUT2D eigenvalue weighted by Crippen LogP contribution is 2.30. The zero-order chi connectivity index (χ0) is 17.4.